The molecule has 0 aliphatic carbocycles. The maximum absolute atomic E-state index is 13.0. The van der Waals surface area contributed by atoms with Gasteiger partial charge >= 0.3 is 12.0 Å². The molecule has 1 heterocycles. The largest absolute Gasteiger partial charge is 0.469 e. The third-order valence-corrected chi connectivity index (χ3v) is 5.47. The Kier molecular flexibility index (Phi) is 6.22. The van der Waals surface area contributed by atoms with Crippen LogP contribution >= 0.6 is 11.8 Å². The van der Waals surface area contributed by atoms with Gasteiger partial charge in [0.2, 0.25) is 0 Å². The molecule has 6 nitrogen and oxygen atoms in total. The van der Waals surface area contributed by atoms with E-state index in [-0.39, 0.29) is 12.0 Å². The van der Waals surface area contributed by atoms with E-state index in [4.69, 9.17) is 5.26 Å². The molecule has 2 aromatic rings. The summed E-state index contributed by atoms with van der Waals surface area (Å²) in [5, 5.41) is 9.09. The zero-order valence-corrected chi connectivity index (χ0v) is 16.7. The van der Waals surface area contributed by atoms with Gasteiger partial charge in [-0.1, -0.05) is 12.1 Å². The highest BCUT2D eigenvalue weighted by Gasteiger charge is 2.31. The van der Waals surface area contributed by atoms with Crippen LogP contribution in [-0.4, -0.2) is 38.5 Å². The van der Waals surface area contributed by atoms with E-state index in [1.165, 1.54) is 18.9 Å². The third kappa shape index (κ3) is 4.12. The van der Waals surface area contributed by atoms with Crippen LogP contribution in [0.4, 0.5) is 16.2 Å². The van der Waals surface area contributed by atoms with Crippen LogP contribution in [0, 0.1) is 11.3 Å². The quantitative estimate of drug-likeness (QED) is 0.549. The highest BCUT2D eigenvalue weighted by Crippen LogP contribution is 2.33. The lowest BCUT2D eigenvalue weighted by atomic mass is 10.1. The van der Waals surface area contributed by atoms with Crippen molar-refractivity contribution in [1.82, 2.24) is 0 Å². The number of hydrogen-bond donors (Lipinski definition) is 0. The average Bonchev–Trinajstić information content (AvgIpc) is 3.12. The van der Waals surface area contributed by atoms with Crippen LogP contribution in [0.3, 0.4) is 0 Å². The summed E-state index contributed by atoms with van der Waals surface area (Å²) in [6.07, 6.45) is 2.88. The number of ether oxygens (including phenoxy) is 1. The molecule has 2 aromatic carbocycles. The third-order valence-electron chi connectivity index (χ3n) is 4.70. The molecule has 0 spiro atoms. The van der Waals surface area contributed by atoms with Crippen molar-refractivity contribution in [3.63, 3.8) is 0 Å². The molecule has 0 aromatic heterocycles. The Balaban J connectivity index is 1.74. The van der Waals surface area contributed by atoms with E-state index in [1.54, 1.807) is 15.9 Å². The number of carbonyl (C=O) groups is 2. The zero-order valence-electron chi connectivity index (χ0n) is 15.8. The molecule has 0 N–H and O–H groups in total. The van der Waals surface area contributed by atoms with Crippen LogP contribution in [0.15, 0.2) is 47.4 Å². The molecule has 1 fully saturated rings. The number of aryl methyl sites for hydroxylation is 1. The van der Waals surface area contributed by atoms with E-state index in [9.17, 15) is 9.59 Å². The molecule has 1 saturated heterocycles. The lowest BCUT2D eigenvalue weighted by molar-refractivity contribution is -0.140. The first-order valence-corrected chi connectivity index (χ1v) is 10.1. The number of esters is 1. The molecule has 0 saturated carbocycles. The Labute approximate surface area is 168 Å². The van der Waals surface area contributed by atoms with Crippen molar-refractivity contribution >= 4 is 35.1 Å². The Morgan fingerprint density at radius 2 is 1.89 bits per heavy atom. The topological polar surface area (TPSA) is 73.6 Å². The Hall–Kier alpha value is -2.98. The van der Waals surface area contributed by atoms with E-state index in [0.29, 0.717) is 31.5 Å². The highest BCUT2D eigenvalue weighted by molar-refractivity contribution is 7.98. The first-order chi connectivity index (χ1) is 13.6. The molecular formula is C21H21N3O3S. The molecule has 2 amide bonds. The van der Waals surface area contributed by atoms with E-state index >= 15 is 0 Å². The molecule has 0 atom stereocenters. The standard InChI is InChI=1S/C21H21N3O3S/c1-27-20(25)10-6-15-3-7-17(8-4-15)23-11-12-24(21(23)26)18-9-5-16(14-22)13-19(18)28-2/h3-5,7-9,13H,6,10-12H2,1-2H3. The first-order valence-electron chi connectivity index (χ1n) is 8.90. The summed E-state index contributed by atoms with van der Waals surface area (Å²) in [5.41, 5.74) is 3.26. The van der Waals surface area contributed by atoms with Crippen molar-refractivity contribution in [1.29, 1.82) is 5.26 Å². The van der Waals surface area contributed by atoms with Crippen LogP contribution in [0.1, 0.15) is 17.5 Å². The summed E-state index contributed by atoms with van der Waals surface area (Å²) in [4.78, 5) is 28.7. The summed E-state index contributed by atoms with van der Waals surface area (Å²) in [7, 11) is 1.38. The van der Waals surface area contributed by atoms with Gasteiger partial charge < -0.3 is 4.74 Å². The highest BCUT2D eigenvalue weighted by atomic mass is 32.2. The number of nitriles is 1. The van der Waals surface area contributed by atoms with E-state index in [1.807, 2.05) is 42.7 Å². The van der Waals surface area contributed by atoms with Crippen LogP contribution in [-0.2, 0) is 16.0 Å². The minimum atomic E-state index is -0.235. The predicted molar refractivity (Wildman–Crippen MR) is 110 cm³/mol. The second-order valence-corrected chi connectivity index (χ2v) is 7.17. The molecular weight excluding hydrogens is 374 g/mol. The minimum absolute atomic E-state index is 0.0812. The maximum Gasteiger partial charge on any atom is 0.329 e. The summed E-state index contributed by atoms with van der Waals surface area (Å²) in [5.74, 6) is -0.235. The van der Waals surface area contributed by atoms with Gasteiger partial charge in [0.1, 0.15) is 0 Å². The Morgan fingerprint density at radius 3 is 2.54 bits per heavy atom. The fraction of sp³-hybridized carbons (Fsp3) is 0.286. The lowest BCUT2D eigenvalue weighted by Crippen LogP contribution is -2.32. The number of carbonyl (C=O) groups excluding carboxylic acids is 2. The first kappa shape index (κ1) is 19.8. The summed E-state index contributed by atoms with van der Waals surface area (Å²) >= 11 is 1.52. The van der Waals surface area contributed by atoms with Gasteiger partial charge in [-0.15, -0.1) is 11.8 Å². The van der Waals surface area contributed by atoms with Crippen molar-refractivity contribution in [2.24, 2.45) is 0 Å². The van der Waals surface area contributed by atoms with Crippen molar-refractivity contribution in [2.45, 2.75) is 17.7 Å². The molecule has 0 bridgehead atoms. The van der Waals surface area contributed by atoms with Gasteiger partial charge in [-0.3, -0.25) is 14.6 Å². The molecule has 3 rings (SSSR count). The number of anilines is 2. The van der Waals surface area contributed by atoms with Crippen LogP contribution in [0.5, 0.6) is 0 Å². The monoisotopic (exact) mass is 395 g/mol. The molecule has 144 valence electrons. The zero-order chi connectivity index (χ0) is 20.1. The number of urea groups is 1. The minimum Gasteiger partial charge on any atom is -0.469 e. The van der Waals surface area contributed by atoms with Gasteiger partial charge in [0.05, 0.1) is 24.4 Å². The maximum atomic E-state index is 13.0. The fourth-order valence-electron chi connectivity index (χ4n) is 3.16. The van der Waals surface area contributed by atoms with Gasteiger partial charge in [0.25, 0.3) is 0 Å². The lowest BCUT2D eigenvalue weighted by Gasteiger charge is -2.21. The molecule has 0 radical (unpaired) electrons. The van der Waals surface area contributed by atoms with E-state index in [0.717, 1.165) is 21.8 Å². The molecule has 28 heavy (non-hydrogen) atoms. The van der Waals surface area contributed by atoms with Crippen molar-refractivity contribution in [3.05, 3.63) is 53.6 Å². The average molecular weight is 395 g/mol. The Morgan fingerprint density at radius 1 is 1.18 bits per heavy atom. The van der Waals surface area contributed by atoms with E-state index < -0.39 is 0 Å². The predicted octanol–water partition coefficient (Wildman–Crippen LogP) is 3.83. The summed E-state index contributed by atoms with van der Waals surface area (Å²) in [6.45, 7) is 1.18. The van der Waals surface area contributed by atoms with E-state index in [2.05, 4.69) is 10.8 Å². The number of rotatable bonds is 6. The summed E-state index contributed by atoms with van der Waals surface area (Å²) < 4.78 is 4.66. The summed E-state index contributed by atoms with van der Waals surface area (Å²) in [6, 6.07) is 15.1. The van der Waals surface area contributed by atoms with Gasteiger partial charge in [-0.2, -0.15) is 5.26 Å². The SMILES string of the molecule is COC(=O)CCc1ccc(N2CCN(c3ccc(C#N)cc3SC)C2=O)cc1. The number of methoxy groups -OCH3 is 1. The van der Waals surface area contributed by atoms with Crippen molar-refractivity contribution < 1.29 is 14.3 Å². The van der Waals surface area contributed by atoms with Gasteiger partial charge in [0.15, 0.2) is 0 Å². The van der Waals surface area contributed by atoms with Gasteiger partial charge in [0, 0.05) is 30.1 Å². The fourth-order valence-corrected chi connectivity index (χ4v) is 3.79. The second-order valence-electron chi connectivity index (χ2n) is 6.33. The van der Waals surface area contributed by atoms with Gasteiger partial charge in [-0.25, -0.2) is 4.79 Å². The second kappa shape index (κ2) is 8.81. The van der Waals surface area contributed by atoms with Crippen LogP contribution in [0.25, 0.3) is 0 Å². The molecule has 7 heteroatoms. The number of hydrogen-bond acceptors (Lipinski definition) is 5. The van der Waals surface area contributed by atoms with Crippen molar-refractivity contribution in [3.8, 4) is 6.07 Å². The Bertz CT molecular complexity index is 921. The van der Waals surface area contributed by atoms with Crippen LogP contribution < -0.4 is 9.80 Å². The van der Waals surface area contributed by atoms with Gasteiger partial charge in [-0.05, 0) is 48.6 Å². The molecule has 1 aliphatic heterocycles. The van der Waals surface area contributed by atoms with Crippen LogP contribution in [0.2, 0.25) is 0 Å². The normalized spacial score (nSPS) is 13.5. The number of amides is 2. The molecule has 1 aliphatic rings. The van der Waals surface area contributed by atoms with Crippen molar-refractivity contribution in [2.75, 3.05) is 36.3 Å². The smallest absolute Gasteiger partial charge is 0.329 e. The molecule has 0 unspecified atom stereocenters. The number of thioether (sulfide) groups is 1. The number of nitrogens with zero attached hydrogens (tertiary/aromatic N) is 3. The number of benzene rings is 2.